The topological polar surface area (TPSA) is 56.1 Å². The van der Waals surface area contributed by atoms with Gasteiger partial charge in [0.1, 0.15) is 12.3 Å². The van der Waals surface area contributed by atoms with Gasteiger partial charge >= 0.3 is 0 Å². The van der Waals surface area contributed by atoms with Crippen molar-refractivity contribution in [3.63, 3.8) is 0 Å². The Hall–Kier alpha value is -2.60. The Labute approximate surface area is 144 Å². The fourth-order valence-corrected chi connectivity index (χ4v) is 3.45. The number of carbonyl (C=O) groups is 1. The van der Waals surface area contributed by atoms with E-state index >= 15 is 0 Å². The van der Waals surface area contributed by atoms with Crippen molar-refractivity contribution in [2.75, 3.05) is 12.4 Å². The lowest BCUT2D eigenvalue weighted by Crippen LogP contribution is -2.19. The van der Waals surface area contributed by atoms with Crippen molar-refractivity contribution < 1.29 is 9.53 Å². The molecule has 0 aliphatic heterocycles. The van der Waals surface area contributed by atoms with Crippen molar-refractivity contribution in [3.8, 4) is 16.5 Å². The van der Waals surface area contributed by atoms with E-state index in [1.807, 2.05) is 48.2 Å². The molecular weight excluding hydrogens is 322 g/mol. The van der Waals surface area contributed by atoms with Gasteiger partial charge in [0.2, 0.25) is 5.91 Å². The van der Waals surface area contributed by atoms with Gasteiger partial charge in [-0.2, -0.15) is 0 Å². The minimum Gasteiger partial charge on any atom is -0.495 e. The summed E-state index contributed by atoms with van der Waals surface area (Å²) in [5.41, 5.74) is 2.90. The molecule has 2 heterocycles. The zero-order valence-electron chi connectivity index (χ0n) is 13.9. The second-order valence-electron chi connectivity index (χ2n) is 5.56. The fourth-order valence-electron chi connectivity index (χ4n) is 2.51. The van der Waals surface area contributed by atoms with E-state index in [9.17, 15) is 4.79 Å². The maximum absolute atomic E-state index is 12.5. The zero-order chi connectivity index (χ0) is 17.1. The van der Waals surface area contributed by atoms with Crippen molar-refractivity contribution in [1.29, 1.82) is 0 Å². The Morgan fingerprint density at radius 3 is 2.88 bits per heavy atom. The molecule has 6 heteroatoms. The first kappa shape index (κ1) is 16.3. The normalized spacial score (nSPS) is 10.6. The van der Waals surface area contributed by atoms with Crippen LogP contribution in [0.3, 0.4) is 0 Å². The first-order chi connectivity index (χ1) is 11.6. The molecule has 1 N–H and O–H groups in total. The van der Waals surface area contributed by atoms with Crippen molar-refractivity contribution in [2.45, 2.75) is 20.4 Å². The fraction of sp³-hybridized carbons (Fsp3) is 0.222. The zero-order valence-corrected chi connectivity index (χ0v) is 14.7. The number of rotatable bonds is 5. The third-order valence-electron chi connectivity index (χ3n) is 3.72. The summed E-state index contributed by atoms with van der Waals surface area (Å²) in [5.74, 6) is 1.34. The molecule has 0 unspecified atom stereocenters. The van der Waals surface area contributed by atoms with Gasteiger partial charge in [-0.05, 0) is 48.6 Å². The molecular formula is C18H19N3O2S. The van der Waals surface area contributed by atoms with Crippen LogP contribution in [0.15, 0.2) is 42.0 Å². The molecule has 1 amide bonds. The predicted octanol–water partition coefficient (Wildman–Crippen LogP) is 3.88. The summed E-state index contributed by atoms with van der Waals surface area (Å²) in [6.45, 7) is 4.22. The molecule has 0 bridgehead atoms. The van der Waals surface area contributed by atoms with Crippen molar-refractivity contribution in [3.05, 3.63) is 53.2 Å². The number of hydrogen-bond donors (Lipinski definition) is 1. The molecule has 0 aliphatic rings. The summed E-state index contributed by atoms with van der Waals surface area (Å²) in [4.78, 5) is 17.9. The number of aromatic nitrogens is 2. The van der Waals surface area contributed by atoms with Crippen LogP contribution in [0.5, 0.6) is 5.75 Å². The first-order valence-electron chi connectivity index (χ1n) is 7.58. The number of nitrogens with zero attached hydrogens (tertiary/aromatic N) is 2. The molecule has 0 saturated heterocycles. The number of thiophene rings is 1. The average Bonchev–Trinajstić information content (AvgIpc) is 3.16. The smallest absolute Gasteiger partial charge is 0.244 e. The molecule has 0 aliphatic carbocycles. The van der Waals surface area contributed by atoms with Crippen molar-refractivity contribution in [2.24, 2.45) is 0 Å². The maximum atomic E-state index is 12.5. The summed E-state index contributed by atoms with van der Waals surface area (Å²) in [7, 11) is 1.59. The molecule has 0 fully saturated rings. The van der Waals surface area contributed by atoms with E-state index in [-0.39, 0.29) is 12.5 Å². The van der Waals surface area contributed by atoms with Gasteiger partial charge in [0.05, 0.1) is 17.7 Å². The van der Waals surface area contributed by atoms with Crippen molar-refractivity contribution >= 4 is 22.9 Å². The van der Waals surface area contributed by atoms with Crippen LogP contribution in [-0.2, 0) is 11.3 Å². The lowest BCUT2D eigenvalue weighted by molar-refractivity contribution is -0.116. The Balaban J connectivity index is 1.79. The lowest BCUT2D eigenvalue weighted by atomic mass is 10.2. The number of anilines is 1. The SMILES string of the molecule is COc1ccc(C)cc1NC(=O)Cn1ccnc1-c1sccc1C. The number of amides is 1. The number of carbonyl (C=O) groups excluding carboxylic acids is 1. The summed E-state index contributed by atoms with van der Waals surface area (Å²) in [5, 5.41) is 4.95. The highest BCUT2D eigenvalue weighted by Crippen LogP contribution is 2.28. The summed E-state index contributed by atoms with van der Waals surface area (Å²) in [6.07, 6.45) is 3.54. The van der Waals surface area contributed by atoms with Crippen molar-refractivity contribution in [1.82, 2.24) is 9.55 Å². The molecule has 0 radical (unpaired) electrons. The van der Waals surface area contributed by atoms with Crippen LogP contribution in [0.4, 0.5) is 5.69 Å². The van der Waals surface area contributed by atoms with Gasteiger partial charge in [-0.25, -0.2) is 4.98 Å². The number of hydrogen-bond acceptors (Lipinski definition) is 4. The quantitative estimate of drug-likeness (QED) is 0.766. The van der Waals surface area contributed by atoms with E-state index in [1.165, 1.54) is 0 Å². The van der Waals surface area contributed by atoms with Crippen LogP contribution >= 0.6 is 11.3 Å². The van der Waals surface area contributed by atoms with Crippen LogP contribution in [0.2, 0.25) is 0 Å². The molecule has 0 atom stereocenters. The van der Waals surface area contributed by atoms with E-state index in [1.54, 1.807) is 24.6 Å². The van der Waals surface area contributed by atoms with Crippen LogP contribution in [0.25, 0.3) is 10.7 Å². The van der Waals surface area contributed by atoms with Gasteiger partial charge in [-0.15, -0.1) is 11.3 Å². The highest BCUT2D eigenvalue weighted by atomic mass is 32.1. The average molecular weight is 341 g/mol. The van der Waals surface area contributed by atoms with Gasteiger partial charge in [0, 0.05) is 12.4 Å². The third-order valence-corrected chi connectivity index (χ3v) is 4.74. The standard InChI is InChI=1S/C18H19N3O2S/c1-12-4-5-15(23-3)14(10-12)20-16(22)11-21-8-7-19-18(21)17-13(2)6-9-24-17/h4-10H,11H2,1-3H3,(H,20,22). The molecule has 3 aromatic rings. The number of methoxy groups -OCH3 is 1. The Bertz CT molecular complexity index is 867. The monoisotopic (exact) mass is 341 g/mol. The Kier molecular flexibility index (Phi) is 4.66. The molecule has 1 aromatic carbocycles. The van der Waals surface area contributed by atoms with Crippen LogP contribution in [0.1, 0.15) is 11.1 Å². The minimum absolute atomic E-state index is 0.118. The summed E-state index contributed by atoms with van der Waals surface area (Å²) >= 11 is 1.63. The maximum Gasteiger partial charge on any atom is 0.244 e. The second kappa shape index (κ2) is 6.88. The molecule has 124 valence electrons. The largest absolute Gasteiger partial charge is 0.495 e. The molecule has 2 aromatic heterocycles. The summed E-state index contributed by atoms with van der Waals surface area (Å²) in [6, 6.07) is 7.75. The highest BCUT2D eigenvalue weighted by molar-refractivity contribution is 7.13. The number of nitrogens with one attached hydrogen (secondary N) is 1. The number of ether oxygens (including phenoxy) is 1. The number of benzene rings is 1. The predicted molar refractivity (Wildman–Crippen MR) is 96.6 cm³/mol. The Morgan fingerprint density at radius 1 is 1.33 bits per heavy atom. The molecule has 5 nitrogen and oxygen atoms in total. The van der Waals surface area contributed by atoms with Crippen LogP contribution in [-0.4, -0.2) is 22.6 Å². The lowest BCUT2D eigenvalue weighted by Gasteiger charge is -2.12. The van der Waals surface area contributed by atoms with Crippen LogP contribution in [0, 0.1) is 13.8 Å². The molecule has 0 saturated carbocycles. The molecule has 0 spiro atoms. The van der Waals surface area contributed by atoms with Gasteiger partial charge < -0.3 is 14.6 Å². The number of aryl methyl sites for hydroxylation is 2. The van der Waals surface area contributed by atoms with Gasteiger partial charge in [0.15, 0.2) is 5.82 Å². The third kappa shape index (κ3) is 3.33. The Morgan fingerprint density at radius 2 is 2.17 bits per heavy atom. The minimum atomic E-state index is -0.118. The second-order valence-corrected chi connectivity index (χ2v) is 6.48. The van der Waals surface area contributed by atoms with E-state index in [0.717, 1.165) is 21.8 Å². The highest BCUT2D eigenvalue weighted by Gasteiger charge is 2.14. The van der Waals surface area contributed by atoms with E-state index in [4.69, 9.17) is 4.74 Å². The first-order valence-corrected chi connectivity index (χ1v) is 8.46. The van der Waals surface area contributed by atoms with Crippen LogP contribution < -0.4 is 10.1 Å². The van der Waals surface area contributed by atoms with Gasteiger partial charge in [0.25, 0.3) is 0 Å². The van der Waals surface area contributed by atoms with E-state index < -0.39 is 0 Å². The van der Waals surface area contributed by atoms with E-state index in [2.05, 4.69) is 16.4 Å². The van der Waals surface area contributed by atoms with E-state index in [0.29, 0.717) is 11.4 Å². The van der Waals surface area contributed by atoms with Gasteiger partial charge in [-0.3, -0.25) is 4.79 Å². The van der Waals surface area contributed by atoms with Gasteiger partial charge in [-0.1, -0.05) is 6.07 Å². The molecule has 3 rings (SSSR count). The molecule has 24 heavy (non-hydrogen) atoms. The number of imidazole rings is 1. The summed E-state index contributed by atoms with van der Waals surface area (Å²) < 4.78 is 7.16.